The van der Waals surface area contributed by atoms with Crippen molar-refractivity contribution in [2.24, 2.45) is 5.73 Å². The Morgan fingerprint density at radius 2 is 2.17 bits per heavy atom. The Kier molecular flexibility index (Phi) is 4.33. The smallest absolute Gasteiger partial charge is 0.116 e. The SMILES string of the molecule is Cc1ccc(Sc2ccncn2)c(CC(C)N)c1. The van der Waals surface area contributed by atoms with Gasteiger partial charge in [0.1, 0.15) is 11.4 Å². The number of aryl methyl sites for hydroxylation is 1. The van der Waals surface area contributed by atoms with Crippen molar-refractivity contribution in [3.63, 3.8) is 0 Å². The molecule has 18 heavy (non-hydrogen) atoms. The van der Waals surface area contributed by atoms with E-state index in [0.29, 0.717) is 0 Å². The topological polar surface area (TPSA) is 51.8 Å². The summed E-state index contributed by atoms with van der Waals surface area (Å²) in [7, 11) is 0. The highest BCUT2D eigenvalue weighted by Crippen LogP contribution is 2.29. The molecule has 0 aliphatic carbocycles. The Morgan fingerprint density at radius 3 is 2.83 bits per heavy atom. The third kappa shape index (κ3) is 3.55. The van der Waals surface area contributed by atoms with Crippen molar-refractivity contribution < 1.29 is 0 Å². The lowest BCUT2D eigenvalue weighted by Gasteiger charge is -2.12. The molecule has 0 aliphatic heterocycles. The van der Waals surface area contributed by atoms with Gasteiger partial charge in [0, 0.05) is 17.1 Å². The van der Waals surface area contributed by atoms with Gasteiger partial charge in [-0.05, 0) is 38.0 Å². The number of aromatic nitrogens is 2. The molecular formula is C14H17N3S. The van der Waals surface area contributed by atoms with E-state index in [1.165, 1.54) is 16.0 Å². The molecule has 1 heterocycles. The molecule has 2 rings (SSSR count). The van der Waals surface area contributed by atoms with E-state index in [0.717, 1.165) is 11.4 Å². The highest BCUT2D eigenvalue weighted by Gasteiger charge is 2.07. The fourth-order valence-electron chi connectivity index (χ4n) is 1.77. The highest BCUT2D eigenvalue weighted by molar-refractivity contribution is 7.99. The lowest BCUT2D eigenvalue weighted by molar-refractivity contribution is 0.728. The van der Waals surface area contributed by atoms with Gasteiger partial charge < -0.3 is 5.73 Å². The van der Waals surface area contributed by atoms with Gasteiger partial charge in [0.2, 0.25) is 0 Å². The largest absolute Gasteiger partial charge is 0.328 e. The van der Waals surface area contributed by atoms with Gasteiger partial charge in [-0.2, -0.15) is 0 Å². The van der Waals surface area contributed by atoms with E-state index in [4.69, 9.17) is 5.73 Å². The summed E-state index contributed by atoms with van der Waals surface area (Å²) < 4.78 is 0. The Morgan fingerprint density at radius 1 is 1.33 bits per heavy atom. The van der Waals surface area contributed by atoms with Crippen molar-refractivity contribution in [2.45, 2.75) is 36.2 Å². The number of benzene rings is 1. The van der Waals surface area contributed by atoms with Crippen molar-refractivity contribution in [3.05, 3.63) is 47.9 Å². The summed E-state index contributed by atoms with van der Waals surface area (Å²) in [5.41, 5.74) is 8.45. The van der Waals surface area contributed by atoms with Gasteiger partial charge in [-0.15, -0.1) is 0 Å². The molecule has 1 aromatic carbocycles. The minimum absolute atomic E-state index is 0.163. The second kappa shape index (κ2) is 5.98. The molecule has 0 saturated carbocycles. The third-order valence-electron chi connectivity index (χ3n) is 2.53. The summed E-state index contributed by atoms with van der Waals surface area (Å²) in [6.07, 6.45) is 4.21. The monoisotopic (exact) mass is 259 g/mol. The first-order valence-electron chi connectivity index (χ1n) is 5.94. The predicted octanol–water partition coefficient (Wildman–Crippen LogP) is 2.83. The summed E-state index contributed by atoms with van der Waals surface area (Å²) in [6.45, 7) is 4.13. The quantitative estimate of drug-likeness (QED) is 0.858. The van der Waals surface area contributed by atoms with Crippen LogP contribution in [-0.2, 0) is 6.42 Å². The summed E-state index contributed by atoms with van der Waals surface area (Å²) >= 11 is 1.66. The molecule has 0 spiro atoms. The van der Waals surface area contributed by atoms with Gasteiger partial charge in [-0.1, -0.05) is 29.5 Å². The Hall–Kier alpha value is -1.39. The molecule has 2 aromatic rings. The van der Waals surface area contributed by atoms with E-state index < -0.39 is 0 Å². The van der Waals surface area contributed by atoms with E-state index in [9.17, 15) is 0 Å². The molecule has 94 valence electrons. The minimum atomic E-state index is 0.163. The van der Waals surface area contributed by atoms with Crippen LogP contribution >= 0.6 is 11.8 Å². The van der Waals surface area contributed by atoms with Crippen molar-refractivity contribution in [1.29, 1.82) is 0 Å². The predicted molar refractivity (Wildman–Crippen MR) is 74.7 cm³/mol. The van der Waals surface area contributed by atoms with Gasteiger partial charge in [0.15, 0.2) is 0 Å². The molecule has 1 aromatic heterocycles. The van der Waals surface area contributed by atoms with Gasteiger partial charge in [-0.3, -0.25) is 0 Å². The number of nitrogens with zero attached hydrogens (tertiary/aromatic N) is 2. The summed E-state index contributed by atoms with van der Waals surface area (Å²) in [5, 5.41) is 0.958. The maximum absolute atomic E-state index is 5.90. The second-order valence-electron chi connectivity index (χ2n) is 4.44. The first kappa shape index (κ1) is 13.1. The van der Waals surface area contributed by atoms with Crippen LogP contribution in [0.15, 0.2) is 46.7 Å². The molecule has 3 nitrogen and oxygen atoms in total. The standard InChI is InChI=1S/C14H17N3S/c1-10-3-4-13(12(7-10)8-11(2)15)18-14-5-6-16-9-17-14/h3-7,9,11H,8,15H2,1-2H3. The number of hydrogen-bond donors (Lipinski definition) is 1. The maximum atomic E-state index is 5.90. The van der Waals surface area contributed by atoms with Crippen LogP contribution in [0, 0.1) is 6.92 Å². The zero-order valence-electron chi connectivity index (χ0n) is 10.6. The number of rotatable bonds is 4. The summed E-state index contributed by atoms with van der Waals surface area (Å²) in [5.74, 6) is 0. The lowest BCUT2D eigenvalue weighted by atomic mass is 10.1. The maximum Gasteiger partial charge on any atom is 0.116 e. The molecule has 4 heteroatoms. The van der Waals surface area contributed by atoms with Crippen molar-refractivity contribution in [2.75, 3.05) is 0 Å². The fourth-order valence-corrected chi connectivity index (χ4v) is 2.63. The lowest BCUT2D eigenvalue weighted by Crippen LogP contribution is -2.18. The zero-order valence-corrected chi connectivity index (χ0v) is 11.4. The first-order valence-corrected chi connectivity index (χ1v) is 6.76. The van der Waals surface area contributed by atoms with Gasteiger partial charge in [0.25, 0.3) is 0 Å². The fraction of sp³-hybridized carbons (Fsp3) is 0.286. The average Bonchev–Trinajstić information content (AvgIpc) is 2.33. The van der Waals surface area contributed by atoms with Crippen LogP contribution in [0.3, 0.4) is 0 Å². The van der Waals surface area contributed by atoms with Crippen LogP contribution in [0.1, 0.15) is 18.1 Å². The molecule has 0 saturated heterocycles. The average molecular weight is 259 g/mol. The molecule has 0 aliphatic rings. The Bertz CT molecular complexity index is 512. The van der Waals surface area contributed by atoms with Gasteiger partial charge >= 0.3 is 0 Å². The van der Waals surface area contributed by atoms with Gasteiger partial charge in [-0.25, -0.2) is 9.97 Å². The van der Waals surface area contributed by atoms with Crippen molar-refractivity contribution >= 4 is 11.8 Å². The van der Waals surface area contributed by atoms with Crippen LogP contribution in [0.4, 0.5) is 0 Å². The Balaban J connectivity index is 2.26. The molecule has 1 atom stereocenters. The van der Waals surface area contributed by atoms with Crippen LogP contribution in [-0.4, -0.2) is 16.0 Å². The van der Waals surface area contributed by atoms with Crippen molar-refractivity contribution in [1.82, 2.24) is 9.97 Å². The molecule has 0 radical (unpaired) electrons. The molecule has 2 N–H and O–H groups in total. The summed E-state index contributed by atoms with van der Waals surface area (Å²) in [4.78, 5) is 9.38. The van der Waals surface area contributed by atoms with Gasteiger partial charge in [0.05, 0.1) is 0 Å². The molecule has 0 fully saturated rings. The summed E-state index contributed by atoms with van der Waals surface area (Å²) in [6, 6.07) is 8.54. The van der Waals surface area contributed by atoms with E-state index in [2.05, 4.69) is 35.1 Å². The van der Waals surface area contributed by atoms with E-state index >= 15 is 0 Å². The molecule has 0 amide bonds. The zero-order chi connectivity index (χ0) is 13.0. The van der Waals surface area contributed by atoms with E-state index in [-0.39, 0.29) is 6.04 Å². The normalized spacial score (nSPS) is 12.4. The van der Waals surface area contributed by atoms with Crippen LogP contribution in [0.25, 0.3) is 0 Å². The van der Waals surface area contributed by atoms with Crippen LogP contribution in [0.2, 0.25) is 0 Å². The number of nitrogens with two attached hydrogens (primary N) is 1. The first-order chi connectivity index (χ1) is 8.65. The third-order valence-corrected chi connectivity index (χ3v) is 3.60. The molecule has 1 unspecified atom stereocenters. The van der Waals surface area contributed by atoms with Crippen LogP contribution in [0.5, 0.6) is 0 Å². The minimum Gasteiger partial charge on any atom is -0.328 e. The molecular weight excluding hydrogens is 242 g/mol. The highest BCUT2D eigenvalue weighted by atomic mass is 32.2. The van der Waals surface area contributed by atoms with E-state index in [1.807, 2.05) is 13.0 Å². The molecule has 0 bridgehead atoms. The number of hydrogen-bond acceptors (Lipinski definition) is 4. The van der Waals surface area contributed by atoms with Crippen molar-refractivity contribution in [3.8, 4) is 0 Å². The van der Waals surface area contributed by atoms with E-state index in [1.54, 1.807) is 24.3 Å². The van der Waals surface area contributed by atoms with Crippen LogP contribution < -0.4 is 5.73 Å². The Labute approximate surface area is 112 Å². The second-order valence-corrected chi connectivity index (χ2v) is 5.50.